The first-order chi connectivity index (χ1) is 10.3. The van der Waals surface area contributed by atoms with Crippen LogP contribution in [0.5, 0.6) is 0 Å². The maximum absolute atomic E-state index is 12.7. The second-order valence-corrected chi connectivity index (χ2v) is 6.07. The first-order valence-electron chi connectivity index (χ1n) is 7.03. The third-order valence-electron chi connectivity index (χ3n) is 3.54. The summed E-state index contributed by atoms with van der Waals surface area (Å²) in [7, 11) is 0. The Hall–Kier alpha value is -1.78. The molecule has 0 saturated carbocycles. The number of carbonyl (C=O) groups is 1. The van der Waals surface area contributed by atoms with Crippen LogP contribution in [0.3, 0.4) is 0 Å². The van der Waals surface area contributed by atoms with Crippen LogP contribution in [0, 0.1) is 0 Å². The van der Waals surface area contributed by atoms with Crippen molar-refractivity contribution in [3.05, 3.63) is 65.7 Å². The van der Waals surface area contributed by atoms with Crippen LogP contribution in [0.1, 0.15) is 27.7 Å². The van der Waals surface area contributed by atoms with Gasteiger partial charge in [0.25, 0.3) is 5.91 Å². The lowest BCUT2D eigenvalue weighted by Gasteiger charge is -2.36. The molecule has 0 fully saturated rings. The van der Waals surface area contributed by atoms with Crippen LogP contribution < -0.4 is 0 Å². The molecule has 1 aliphatic rings. The monoisotopic (exact) mass is 299 g/mol. The summed E-state index contributed by atoms with van der Waals surface area (Å²) in [5, 5.41) is 9.06. The summed E-state index contributed by atoms with van der Waals surface area (Å²) in [5.41, 5.74) is 1.87. The van der Waals surface area contributed by atoms with Crippen molar-refractivity contribution in [2.75, 3.05) is 13.2 Å². The van der Waals surface area contributed by atoms with E-state index in [1.54, 1.807) is 11.8 Å². The van der Waals surface area contributed by atoms with Gasteiger partial charge in [0.05, 0.1) is 5.56 Å². The predicted molar refractivity (Wildman–Crippen MR) is 84.2 cm³/mol. The molecule has 21 heavy (non-hydrogen) atoms. The van der Waals surface area contributed by atoms with Crippen LogP contribution in [-0.4, -0.2) is 29.1 Å². The van der Waals surface area contributed by atoms with Crippen LogP contribution >= 0.6 is 11.8 Å². The van der Waals surface area contributed by atoms with E-state index in [1.165, 1.54) is 0 Å². The summed E-state index contributed by atoms with van der Waals surface area (Å²) >= 11 is 1.70. The van der Waals surface area contributed by atoms with Gasteiger partial charge in [-0.25, -0.2) is 0 Å². The quantitative estimate of drug-likeness (QED) is 0.941. The first kappa shape index (κ1) is 14.2. The van der Waals surface area contributed by atoms with Gasteiger partial charge in [-0.15, -0.1) is 0 Å². The predicted octanol–water partition coefficient (Wildman–Crippen LogP) is 3.32. The molecule has 0 aliphatic carbocycles. The number of benzene rings is 2. The minimum absolute atomic E-state index is 0.0276. The van der Waals surface area contributed by atoms with Crippen LogP contribution in [-0.2, 0) is 0 Å². The van der Waals surface area contributed by atoms with E-state index in [1.807, 2.05) is 59.5 Å². The molecule has 1 unspecified atom stereocenters. The lowest BCUT2D eigenvalue weighted by molar-refractivity contribution is 0.0714. The summed E-state index contributed by atoms with van der Waals surface area (Å²) in [6.07, 6.45) is 0.595. The first-order valence-corrected chi connectivity index (χ1v) is 7.91. The number of aliphatic hydroxyl groups is 1. The summed E-state index contributed by atoms with van der Waals surface area (Å²) in [5.74, 6) is 0.0478. The molecule has 2 aromatic carbocycles. The van der Waals surface area contributed by atoms with Crippen LogP contribution in [0.25, 0.3) is 0 Å². The van der Waals surface area contributed by atoms with Crippen molar-refractivity contribution in [2.24, 2.45) is 0 Å². The van der Waals surface area contributed by atoms with Gasteiger partial charge in [-0.1, -0.05) is 54.2 Å². The van der Waals surface area contributed by atoms with E-state index in [4.69, 9.17) is 5.11 Å². The molecule has 1 heterocycles. The molecule has 3 nitrogen and oxygen atoms in total. The van der Waals surface area contributed by atoms with E-state index in [0.717, 1.165) is 16.0 Å². The van der Waals surface area contributed by atoms with Gasteiger partial charge in [0.2, 0.25) is 0 Å². The Kier molecular flexibility index (Phi) is 4.27. The second kappa shape index (κ2) is 6.33. The zero-order valence-electron chi connectivity index (χ0n) is 11.6. The fourth-order valence-electron chi connectivity index (χ4n) is 2.52. The van der Waals surface area contributed by atoms with E-state index >= 15 is 0 Å². The van der Waals surface area contributed by atoms with Gasteiger partial charge < -0.3 is 10.0 Å². The van der Waals surface area contributed by atoms with Crippen molar-refractivity contribution in [1.29, 1.82) is 0 Å². The standard InChI is InChI=1S/C17H17NO2S/c19-12-6-11-18-16(20)14-9-4-5-10-15(14)21-17(18)13-7-2-1-3-8-13/h1-5,7-10,17,19H,6,11-12H2. The molecule has 1 aliphatic heterocycles. The molecule has 1 N–H and O–H groups in total. The topological polar surface area (TPSA) is 40.5 Å². The number of fused-ring (bicyclic) bond motifs is 1. The number of aliphatic hydroxyl groups excluding tert-OH is 1. The van der Waals surface area contributed by atoms with E-state index in [0.29, 0.717) is 13.0 Å². The Labute approximate surface area is 128 Å². The molecule has 1 amide bonds. The maximum atomic E-state index is 12.7. The average Bonchev–Trinajstić information content (AvgIpc) is 2.55. The van der Waals surface area contributed by atoms with Crippen molar-refractivity contribution in [2.45, 2.75) is 16.7 Å². The number of amides is 1. The Morgan fingerprint density at radius 3 is 2.52 bits per heavy atom. The number of hydrogen-bond donors (Lipinski definition) is 1. The van der Waals surface area contributed by atoms with Gasteiger partial charge in [-0.2, -0.15) is 0 Å². The zero-order valence-corrected chi connectivity index (χ0v) is 12.4. The molecular weight excluding hydrogens is 282 g/mol. The highest BCUT2D eigenvalue weighted by Crippen LogP contribution is 2.44. The van der Waals surface area contributed by atoms with Gasteiger partial charge in [-0.05, 0) is 24.1 Å². The van der Waals surface area contributed by atoms with Crippen molar-refractivity contribution in [1.82, 2.24) is 4.90 Å². The fourth-order valence-corrected chi connectivity index (χ4v) is 3.82. The molecule has 0 spiro atoms. The van der Waals surface area contributed by atoms with Gasteiger partial charge in [0.15, 0.2) is 0 Å². The highest BCUT2D eigenvalue weighted by molar-refractivity contribution is 7.99. The third kappa shape index (κ3) is 2.82. The van der Waals surface area contributed by atoms with Gasteiger partial charge in [0.1, 0.15) is 5.37 Å². The number of rotatable bonds is 4. The van der Waals surface area contributed by atoms with Crippen LogP contribution in [0.15, 0.2) is 59.5 Å². The molecule has 0 aromatic heterocycles. The van der Waals surface area contributed by atoms with Crippen LogP contribution in [0.2, 0.25) is 0 Å². The minimum Gasteiger partial charge on any atom is -0.396 e. The molecule has 0 saturated heterocycles. The highest BCUT2D eigenvalue weighted by atomic mass is 32.2. The Morgan fingerprint density at radius 2 is 1.76 bits per heavy atom. The van der Waals surface area contributed by atoms with Crippen molar-refractivity contribution >= 4 is 17.7 Å². The van der Waals surface area contributed by atoms with E-state index in [2.05, 4.69) is 0 Å². The van der Waals surface area contributed by atoms with Gasteiger partial charge in [-0.3, -0.25) is 4.79 Å². The third-order valence-corrected chi connectivity index (χ3v) is 4.90. The van der Waals surface area contributed by atoms with Crippen molar-refractivity contribution < 1.29 is 9.90 Å². The number of carbonyl (C=O) groups excluding carboxylic acids is 1. The normalized spacial score (nSPS) is 17.7. The molecular formula is C17H17NO2S. The highest BCUT2D eigenvalue weighted by Gasteiger charge is 2.33. The smallest absolute Gasteiger partial charge is 0.256 e. The van der Waals surface area contributed by atoms with Gasteiger partial charge in [0, 0.05) is 18.0 Å². The molecule has 0 bridgehead atoms. The number of hydrogen-bond acceptors (Lipinski definition) is 3. The summed E-state index contributed by atoms with van der Waals surface area (Å²) in [6.45, 7) is 0.661. The zero-order chi connectivity index (χ0) is 14.7. The van der Waals surface area contributed by atoms with Crippen molar-refractivity contribution in [3.63, 3.8) is 0 Å². The molecule has 4 heteroatoms. The second-order valence-electron chi connectivity index (χ2n) is 4.95. The largest absolute Gasteiger partial charge is 0.396 e. The summed E-state index contributed by atoms with van der Waals surface area (Å²) in [4.78, 5) is 15.6. The van der Waals surface area contributed by atoms with Gasteiger partial charge >= 0.3 is 0 Å². The SMILES string of the molecule is O=C1c2ccccc2SC(c2ccccc2)N1CCCO. The van der Waals surface area contributed by atoms with E-state index in [-0.39, 0.29) is 17.9 Å². The molecule has 0 radical (unpaired) electrons. The maximum Gasteiger partial charge on any atom is 0.256 e. The van der Waals surface area contributed by atoms with E-state index in [9.17, 15) is 4.79 Å². The molecule has 1 atom stereocenters. The molecule has 108 valence electrons. The molecule has 2 aromatic rings. The Morgan fingerprint density at radius 1 is 1.05 bits per heavy atom. The van der Waals surface area contributed by atoms with E-state index < -0.39 is 0 Å². The number of nitrogens with zero attached hydrogens (tertiary/aromatic N) is 1. The molecule has 3 rings (SSSR count). The average molecular weight is 299 g/mol. The fraction of sp³-hybridized carbons (Fsp3) is 0.235. The summed E-state index contributed by atoms with van der Waals surface area (Å²) in [6, 6.07) is 17.8. The Bertz CT molecular complexity index is 630. The minimum atomic E-state index is -0.0276. The van der Waals surface area contributed by atoms with Crippen LogP contribution in [0.4, 0.5) is 0 Å². The van der Waals surface area contributed by atoms with Crippen molar-refractivity contribution in [3.8, 4) is 0 Å². The lowest BCUT2D eigenvalue weighted by Crippen LogP contribution is -2.37. The summed E-state index contributed by atoms with van der Waals surface area (Å²) < 4.78 is 0. The Balaban J connectivity index is 1.99. The number of thioether (sulfide) groups is 1. The lowest BCUT2D eigenvalue weighted by atomic mass is 10.1.